The number of amides is 1. The number of anilines is 1. The maximum Gasteiger partial charge on any atom is 0.275 e. The Labute approximate surface area is 115 Å². The number of nitrogens with two attached hydrogens (primary N) is 1. The highest BCUT2D eigenvalue weighted by atomic mass is 19.1. The predicted octanol–water partition coefficient (Wildman–Crippen LogP) is 1.18. The number of nitrogens with zero attached hydrogens (tertiary/aromatic N) is 2. The zero-order valence-electron chi connectivity index (χ0n) is 10.4. The largest absolute Gasteiger partial charge is 0.320 e. The number of carbonyl (C=O) groups is 1. The van der Waals surface area contributed by atoms with Crippen LogP contribution in [0.2, 0.25) is 0 Å². The molecule has 5 nitrogen and oxygen atoms in total. The van der Waals surface area contributed by atoms with Crippen LogP contribution in [0.15, 0.2) is 36.7 Å². The molecule has 0 aliphatic heterocycles. The number of halogens is 1. The Kier molecular flexibility index (Phi) is 4.37. The van der Waals surface area contributed by atoms with Crippen LogP contribution in [0.3, 0.4) is 0 Å². The zero-order valence-corrected chi connectivity index (χ0v) is 10.4. The summed E-state index contributed by atoms with van der Waals surface area (Å²) in [5, 5.41) is 2.51. The molecule has 1 amide bonds. The van der Waals surface area contributed by atoms with Gasteiger partial charge in [0.2, 0.25) is 0 Å². The lowest BCUT2D eigenvalue weighted by atomic mass is 10.2. The molecule has 0 saturated carbocycles. The lowest BCUT2D eigenvalue weighted by Crippen LogP contribution is -2.14. The molecule has 0 spiro atoms. The van der Waals surface area contributed by atoms with E-state index in [1.807, 2.05) is 0 Å². The molecule has 0 unspecified atom stereocenters. The minimum Gasteiger partial charge on any atom is -0.320 e. The Morgan fingerprint density at radius 1 is 1.25 bits per heavy atom. The molecule has 20 heavy (non-hydrogen) atoms. The fraction of sp³-hybridized carbons (Fsp3) is 0.0714. The van der Waals surface area contributed by atoms with E-state index in [9.17, 15) is 9.18 Å². The Morgan fingerprint density at radius 2 is 2.10 bits per heavy atom. The number of rotatable bonds is 2. The number of nitrogens with one attached hydrogen (secondary N) is 1. The van der Waals surface area contributed by atoms with Crippen LogP contribution < -0.4 is 11.1 Å². The number of pyridine rings is 2. The van der Waals surface area contributed by atoms with E-state index in [1.54, 1.807) is 12.1 Å². The van der Waals surface area contributed by atoms with E-state index in [-0.39, 0.29) is 18.1 Å². The molecule has 100 valence electrons. The molecule has 0 fully saturated rings. The van der Waals surface area contributed by atoms with Gasteiger partial charge in [-0.2, -0.15) is 0 Å². The molecule has 0 aromatic carbocycles. The average Bonchev–Trinajstić information content (AvgIpc) is 2.48. The van der Waals surface area contributed by atoms with Crippen LogP contribution in [0.4, 0.5) is 10.2 Å². The molecule has 0 atom stereocenters. The highest BCUT2D eigenvalue weighted by molar-refractivity contribution is 6.02. The average molecular weight is 270 g/mol. The third-order valence-electron chi connectivity index (χ3n) is 2.30. The van der Waals surface area contributed by atoms with Crippen LogP contribution in [0, 0.1) is 17.7 Å². The van der Waals surface area contributed by atoms with Gasteiger partial charge in [0.15, 0.2) is 0 Å². The van der Waals surface area contributed by atoms with E-state index >= 15 is 0 Å². The first kappa shape index (κ1) is 13.6. The van der Waals surface area contributed by atoms with E-state index in [2.05, 4.69) is 27.1 Å². The van der Waals surface area contributed by atoms with Crippen LogP contribution in [-0.2, 0) is 0 Å². The first-order valence-corrected chi connectivity index (χ1v) is 5.77. The molecular formula is C14H11FN4O. The van der Waals surface area contributed by atoms with Crippen LogP contribution in [0.25, 0.3) is 0 Å². The van der Waals surface area contributed by atoms with Gasteiger partial charge >= 0.3 is 0 Å². The van der Waals surface area contributed by atoms with Gasteiger partial charge in [-0.25, -0.2) is 14.4 Å². The smallest absolute Gasteiger partial charge is 0.275 e. The van der Waals surface area contributed by atoms with Crippen LogP contribution in [0.5, 0.6) is 0 Å². The molecule has 0 saturated heterocycles. The molecule has 2 aromatic heterocycles. The third-order valence-corrected chi connectivity index (χ3v) is 2.30. The lowest BCUT2D eigenvalue weighted by Gasteiger charge is -2.03. The van der Waals surface area contributed by atoms with Gasteiger partial charge in [-0.3, -0.25) is 4.79 Å². The molecule has 0 aliphatic rings. The third kappa shape index (κ3) is 3.60. The van der Waals surface area contributed by atoms with Crippen molar-refractivity contribution in [2.45, 2.75) is 0 Å². The van der Waals surface area contributed by atoms with E-state index in [0.717, 1.165) is 6.20 Å². The predicted molar refractivity (Wildman–Crippen MR) is 72.3 cm³/mol. The van der Waals surface area contributed by atoms with E-state index in [4.69, 9.17) is 5.73 Å². The van der Waals surface area contributed by atoms with Gasteiger partial charge < -0.3 is 11.1 Å². The van der Waals surface area contributed by atoms with Gasteiger partial charge in [-0.1, -0.05) is 11.8 Å². The quantitative estimate of drug-likeness (QED) is 0.803. The Balaban J connectivity index is 2.07. The van der Waals surface area contributed by atoms with Gasteiger partial charge in [0.25, 0.3) is 5.91 Å². The summed E-state index contributed by atoms with van der Waals surface area (Å²) in [6.07, 6.45) is 2.50. The molecule has 0 bridgehead atoms. The van der Waals surface area contributed by atoms with Crippen molar-refractivity contribution in [3.8, 4) is 11.8 Å². The molecule has 2 aromatic rings. The second-order valence-corrected chi connectivity index (χ2v) is 3.75. The van der Waals surface area contributed by atoms with Crippen molar-refractivity contribution in [1.29, 1.82) is 0 Å². The minimum absolute atomic E-state index is 0.217. The summed E-state index contributed by atoms with van der Waals surface area (Å²) in [5.74, 6) is 4.85. The topological polar surface area (TPSA) is 80.9 Å². The monoisotopic (exact) mass is 270 g/mol. The minimum atomic E-state index is -0.469. The Hall–Kier alpha value is -2.78. The summed E-state index contributed by atoms with van der Waals surface area (Å²) in [6, 6.07) is 5.79. The van der Waals surface area contributed by atoms with Crippen molar-refractivity contribution < 1.29 is 9.18 Å². The maximum absolute atomic E-state index is 12.7. The van der Waals surface area contributed by atoms with E-state index < -0.39 is 11.7 Å². The highest BCUT2D eigenvalue weighted by Gasteiger charge is 2.08. The zero-order chi connectivity index (χ0) is 14.4. The summed E-state index contributed by atoms with van der Waals surface area (Å²) in [6.45, 7) is 0.262. The van der Waals surface area contributed by atoms with Gasteiger partial charge in [0, 0.05) is 11.8 Å². The van der Waals surface area contributed by atoms with Crippen molar-refractivity contribution >= 4 is 11.7 Å². The Morgan fingerprint density at radius 3 is 2.70 bits per heavy atom. The highest BCUT2D eigenvalue weighted by Crippen LogP contribution is 2.06. The summed E-state index contributed by atoms with van der Waals surface area (Å²) in [7, 11) is 0. The number of aromatic nitrogens is 2. The first-order chi connectivity index (χ1) is 9.69. The second-order valence-electron chi connectivity index (χ2n) is 3.75. The molecule has 3 N–H and O–H groups in total. The summed E-state index contributed by atoms with van der Waals surface area (Å²) in [4.78, 5) is 19.6. The molecule has 2 rings (SSSR count). The molecule has 0 radical (unpaired) electrons. The van der Waals surface area contributed by atoms with Gasteiger partial charge in [0.1, 0.15) is 17.3 Å². The van der Waals surface area contributed by atoms with Crippen molar-refractivity contribution in [2.24, 2.45) is 5.73 Å². The summed E-state index contributed by atoms with van der Waals surface area (Å²) in [5.41, 5.74) is 6.15. The normalized spacial score (nSPS) is 9.50. The van der Waals surface area contributed by atoms with E-state index in [0.29, 0.717) is 5.56 Å². The van der Waals surface area contributed by atoms with Gasteiger partial charge in [-0.15, -0.1) is 0 Å². The van der Waals surface area contributed by atoms with Crippen molar-refractivity contribution in [1.82, 2.24) is 9.97 Å². The van der Waals surface area contributed by atoms with Crippen molar-refractivity contribution in [3.63, 3.8) is 0 Å². The molecular weight excluding hydrogens is 259 g/mol. The first-order valence-electron chi connectivity index (χ1n) is 5.77. The van der Waals surface area contributed by atoms with Crippen LogP contribution in [0.1, 0.15) is 16.1 Å². The lowest BCUT2D eigenvalue weighted by molar-refractivity contribution is 0.102. The standard InChI is InChI=1S/C14H11FN4O/c15-11-4-6-13(18-9-11)19-14(20)12-5-3-10(8-17-12)2-1-7-16/h3-6,8-9H,7,16H2,(H,18,19,20). The fourth-order valence-electron chi connectivity index (χ4n) is 1.39. The Bertz CT molecular complexity index is 656. The SMILES string of the molecule is NCC#Cc1ccc(C(=O)Nc2ccc(F)cn2)nc1. The van der Waals surface area contributed by atoms with Crippen LogP contribution in [-0.4, -0.2) is 22.4 Å². The maximum atomic E-state index is 12.7. The number of hydrogen-bond donors (Lipinski definition) is 2. The van der Waals surface area contributed by atoms with Crippen molar-refractivity contribution in [2.75, 3.05) is 11.9 Å². The molecule has 0 aliphatic carbocycles. The van der Waals surface area contributed by atoms with E-state index in [1.165, 1.54) is 18.3 Å². The molecule has 2 heterocycles. The summed E-state index contributed by atoms with van der Waals surface area (Å²) < 4.78 is 12.7. The number of carbonyl (C=O) groups excluding carboxylic acids is 1. The number of hydrogen-bond acceptors (Lipinski definition) is 4. The molecule has 6 heteroatoms. The fourth-order valence-corrected chi connectivity index (χ4v) is 1.39. The van der Waals surface area contributed by atoms with Gasteiger partial charge in [0.05, 0.1) is 12.7 Å². The van der Waals surface area contributed by atoms with Gasteiger partial charge in [-0.05, 0) is 24.3 Å². The van der Waals surface area contributed by atoms with Crippen LogP contribution >= 0.6 is 0 Å². The van der Waals surface area contributed by atoms with Crippen molar-refractivity contribution in [3.05, 3.63) is 53.7 Å². The summed E-state index contributed by atoms with van der Waals surface area (Å²) >= 11 is 0. The second kappa shape index (κ2) is 6.41.